The lowest BCUT2D eigenvalue weighted by Gasteiger charge is -2.20. The highest BCUT2D eigenvalue weighted by Gasteiger charge is 2.16. The van der Waals surface area contributed by atoms with Crippen LogP contribution in [-0.4, -0.2) is 18.4 Å². The first-order chi connectivity index (χ1) is 9.73. The van der Waals surface area contributed by atoms with Crippen LogP contribution in [0.4, 0.5) is 16.2 Å². The van der Waals surface area contributed by atoms with Gasteiger partial charge in [-0.2, -0.15) is 0 Å². The van der Waals surface area contributed by atoms with Crippen molar-refractivity contribution >= 4 is 29.8 Å². The smallest absolute Gasteiger partial charge is 0.412 e. The second-order valence-electron chi connectivity index (χ2n) is 5.45. The van der Waals surface area contributed by atoms with Crippen LogP contribution >= 0.6 is 0 Å². The number of aliphatic imine (C=N–C) groups is 1. The van der Waals surface area contributed by atoms with Crippen molar-refractivity contribution < 1.29 is 9.53 Å². The Morgan fingerprint density at radius 1 is 1.43 bits per heavy atom. The second kappa shape index (κ2) is 6.74. The third kappa shape index (κ3) is 5.52. The molecular formula is C16H21N3O2. The van der Waals surface area contributed by atoms with E-state index in [9.17, 15) is 4.79 Å². The molecule has 0 radical (unpaired) electrons. The maximum atomic E-state index is 11.7. The number of nitrogens with one attached hydrogen (secondary N) is 1. The summed E-state index contributed by atoms with van der Waals surface area (Å²) in [7, 11) is 0. The van der Waals surface area contributed by atoms with Crippen LogP contribution in [0.5, 0.6) is 0 Å². The number of hydrogen-bond donors (Lipinski definition) is 2. The molecule has 1 rings (SSSR count). The SMILES string of the molecule is C=N/C=C\C(=C)c1ccc(NC(=O)OC(C)(C)C)c(N)c1. The summed E-state index contributed by atoms with van der Waals surface area (Å²) >= 11 is 0. The van der Waals surface area contributed by atoms with Gasteiger partial charge in [0.25, 0.3) is 0 Å². The quantitative estimate of drug-likeness (QED) is 0.501. The lowest BCUT2D eigenvalue weighted by Crippen LogP contribution is -2.27. The molecule has 21 heavy (non-hydrogen) atoms. The maximum absolute atomic E-state index is 11.7. The predicted molar refractivity (Wildman–Crippen MR) is 88.4 cm³/mol. The standard InChI is InChI=1S/C16H21N3O2/c1-11(8-9-18-5)12-6-7-14(13(17)10-12)19-15(20)21-16(2,3)4/h6-10H,1,5,17H2,2-4H3,(H,19,20)/b9-8-. The molecule has 0 aliphatic carbocycles. The Labute approximate surface area is 125 Å². The summed E-state index contributed by atoms with van der Waals surface area (Å²) in [4.78, 5) is 15.3. The first-order valence-corrected chi connectivity index (χ1v) is 6.44. The highest BCUT2D eigenvalue weighted by molar-refractivity contribution is 5.90. The molecule has 0 aliphatic heterocycles. The molecule has 0 aliphatic rings. The normalized spacial score (nSPS) is 11.2. The zero-order chi connectivity index (χ0) is 16.0. The number of carbonyl (C=O) groups is 1. The number of rotatable bonds is 4. The van der Waals surface area contributed by atoms with Gasteiger partial charge in [0.15, 0.2) is 0 Å². The van der Waals surface area contributed by atoms with Crippen molar-refractivity contribution in [1.82, 2.24) is 0 Å². The number of benzene rings is 1. The minimum atomic E-state index is -0.560. The van der Waals surface area contributed by atoms with Crippen LogP contribution in [0.2, 0.25) is 0 Å². The monoisotopic (exact) mass is 287 g/mol. The number of hydrogen-bond acceptors (Lipinski definition) is 4. The molecule has 112 valence electrons. The molecule has 0 spiro atoms. The molecule has 0 fully saturated rings. The molecule has 0 aromatic heterocycles. The zero-order valence-corrected chi connectivity index (χ0v) is 12.6. The number of nitrogens with two attached hydrogens (primary N) is 1. The van der Waals surface area contributed by atoms with Gasteiger partial charge in [0, 0.05) is 6.20 Å². The molecule has 0 bridgehead atoms. The maximum Gasteiger partial charge on any atom is 0.412 e. The Balaban J connectivity index is 2.84. The molecule has 3 N–H and O–H groups in total. The highest BCUT2D eigenvalue weighted by atomic mass is 16.6. The fraction of sp³-hybridized carbons (Fsp3) is 0.250. The molecule has 0 heterocycles. The number of amides is 1. The van der Waals surface area contributed by atoms with Crippen molar-refractivity contribution in [3.63, 3.8) is 0 Å². The van der Waals surface area contributed by atoms with E-state index in [-0.39, 0.29) is 0 Å². The van der Waals surface area contributed by atoms with E-state index in [1.807, 2.05) is 0 Å². The Morgan fingerprint density at radius 3 is 2.62 bits per heavy atom. The van der Waals surface area contributed by atoms with Gasteiger partial charge in [-0.15, -0.1) is 0 Å². The van der Waals surface area contributed by atoms with Crippen LogP contribution in [-0.2, 0) is 4.74 Å². The molecule has 5 nitrogen and oxygen atoms in total. The molecular weight excluding hydrogens is 266 g/mol. The number of nitrogens with zero attached hydrogens (tertiary/aromatic N) is 1. The lowest BCUT2D eigenvalue weighted by atomic mass is 10.1. The molecule has 1 amide bonds. The number of allylic oxidation sites excluding steroid dienone is 2. The third-order valence-corrected chi connectivity index (χ3v) is 2.44. The summed E-state index contributed by atoms with van der Waals surface area (Å²) in [5.41, 5.74) is 7.87. The number of anilines is 2. The van der Waals surface area contributed by atoms with Gasteiger partial charge in [-0.3, -0.25) is 10.3 Å². The zero-order valence-electron chi connectivity index (χ0n) is 12.6. The first kappa shape index (κ1) is 16.5. The Hall–Kier alpha value is -2.56. The molecule has 0 saturated carbocycles. The molecule has 0 unspecified atom stereocenters. The van der Waals surface area contributed by atoms with Gasteiger partial charge in [-0.1, -0.05) is 12.6 Å². The van der Waals surface area contributed by atoms with Gasteiger partial charge in [0.1, 0.15) is 5.60 Å². The fourth-order valence-electron chi connectivity index (χ4n) is 1.53. The van der Waals surface area contributed by atoms with Gasteiger partial charge >= 0.3 is 6.09 Å². The van der Waals surface area contributed by atoms with Crippen LogP contribution in [0.1, 0.15) is 26.3 Å². The number of ether oxygens (including phenoxy) is 1. The number of carbonyl (C=O) groups excluding carboxylic acids is 1. The van der Waals surface area contributed by atoms with E-state index in [4.69, 9.17) is 10.5 Å². The summed E-state index contributed by atoms with van der Waals surface area (Å²) in [5.74, 6) is 0. The third-order valence-electron chi connectivity index (χ3n) is 2.44. The van der Waals surface area contributed by atoms with Gasteiger partial charge < -0.3 is 10.5 Å². The summed E-state index contributed by atoms with van der Waals surface area (Å²) in [5, 5.41) is 2.61. The number of nitrogen functional groups attached to an aromatic ring is 1. The van der Waals surface area contributed by atoms with Crippen molar-refractivity contribution in [3.8, 4) is 0 Å². The van der Waals surface area contributed by atoms with Crippen molar-refractivity contribution in [1.29, 1.82) is 0 Å². The summed E-state index contributed by atoms with van der Waals surface area (Å²) in [6.07, 6.45) is 2.73. The van der Waals surface area contributed by atoms with Gasteiger partial charge in [0.2, 0.25) is 0 Å². The Morgan fingerprint density at radius 2 is 2.10 bits per heavy atom. The van der Waals surface area contributed by atoms with Crippen LogP contribution in [0.3, 0.4) is 0 Å². The Kier molecular flexibility index (Phi) is 5.30. The molecule has 1 aromatic rings. The van der Waals surface area contributed by atoms with E-state index in [0.717, 1.165) is 11.1 Å². The predicted octanol–water partition coefficient (Wildman–Crippen LogP) is 3.84. The van der Waals surface area contributed by atoms with Gasteiger partial charge in [0.05, 0.1) is 11.4 Å². The van der Waals surface area contributed by atoms with Crippen LogP contribution in [0.15, 0.2) is 42.0 Å². The van der Waals surface area contributed by atoms with E-state index in [2.05, 4.69) is 23.6 Å². The fourth-order valence-corrected chi connectivity index (χ4v) is 1.53. The molecule has 0 atom stereocenters. The largest absolute Gasteiger partial charge is 0.444 e. The summed E-state index contributed by atoms with van der Waals surface area (Å²) in [6, 6.07) is 5.23. The summed E-state index contributed by atoms with van der Waals surface area (Å²) in [6.45, 7) is 12.6. The van der Waals surface area contributed by atoms with E-state index < -0.39 is 11.7 Å². The van der Waals surface area contributed by atoms with Crippen LogP contribution < -0.4 is 11.1 Å². The Bertz CT molecular complexity index is 584. The van der Waals surface area contributed by atoms with E-state index in [0.29, 0.717) is 11.4 Å². The second-order valence-corrected chi connectivity index (χ2v) is 5.45. The van der Waals surface area contributed by atoms with Crippen LogP contribution in [0.25, 0.3) is 5.57 Å². The molecule has 5 heteroatoms. The van der Waals surface area contributed by atoms with Gasteiger partial charge in [-0.25, -0.2) is 4.79 Å². The average molecular weight is 287 g/mol. The topological polar surface area (TPSA) is 76.7 Å². The minimum absolute atomic E-state index is 0.430. The van der Waals surface area contributed by atoms with Crippen LogP contribution in [0, 0.1) is 0 Å². The van der Waals surface area contributed by atoms with Gasteiger partial charge in [-0.05, 0) is 56.8 Å². The average Bonchev–Trinajstić information content (AvgIpc) is 2.36. The van der Waals surface area contributed by atoms with E-state index >= 15 is 0 Å². The van der Waals surface area contributed by atoms with Crippen molar-refractivity contribution in [2.75, 3.05) is 11.1 Å². The first-order valence-electron chi connectivity index (χ1n) is 6.44. The van der Waals surface area contributed by atoms with E-state index in [1.54, 1.807) is 51.2 Å². The van der Waals surface area contributed by atoms with Crippen molar-refractivity contribution in [3.05, 3.63) is 42.6 Å². The van der Waals surface area contributed by atoms with E-state index in [1.165, 1.54) is 0 Å². The lowest BCUT2D eigenvalue weighted by molar-refractivity contribution is 0.0636. The highest BCUT2D eigenvalue weighted by Crippen LogP contribution is 2.24. The molecule has 1 aromatic carbocycles. The minimum Gasteiger partial charge on any atom is -0.444 e. The van der Waals surface area contributed by atoms with Crippen molar-refractivity contribution in [2.24, 2.45) is 4.99 Å². The summed E-state index contributed by atoms with van der Waals surface area (Å²) < 4.78 is 5.17. The molecule has 0 saturated heterocycles. The van der Waals surface area contributed by atoms with Crippen molar-refractivity contribution in [2.45, 2.75) is 26.4 Å².